The van der Waals surface area contributed by atoms with Gasteiger partial charge in [0.2, 0.25) is 0 Å². The van der Waals surface area contributed by atoms with Gasteiger partial charge in [0.1, 0.15) is 0 Å². The summed E-state index contributed by atoms with van der Waals surface area (Å²) >= 11 is 5.82. The number of hydrogen-bond acceptors (Lipinski definition) is 1. The van der Waals surface area contributed by atoms with Crippen LogP contribution >= 0.6 is 35.6 Å². The Bertz CT molecular complexity index is 374. The molecule has 0 aromatic heterocycles. The van der Waals surface area contributed by atoms with E-state index in [1.807, 2.05) is 24.3 Å². The Labute approximate surface area is 124 Å². The minimum absolute atomic E-state index is 0. The van der Waals surface area contributed by atoms with Crippen molar-refractivity contribution in [1.82, 2.24) is 10.6 Å². The van der Waals surface area contributed by atoms with Gasteiger partial charge in [-0.05, 0) is 30.5 Å². The molecule has 0 heterocycles. The molecule has 1 aliphatic rings. The number of hydrogen-bond donors (Lipinski definition) is 2. The van der Waals surface area contributed by atoms with Crippen LogP contribution in [0.4, 0.5) is 0 Å². The average molecular weight is 366 g/mol. The fourth-order valence-electron chi connectivity index (χ4n) is 1.40. The van der Waals surface area contributed by atoms with E-state index in [1.54, 1.807) is 7.05 Å². The second-order valence-corrected chi connectivity index (χ2v) is 4.41. The molecule has 2 N–H and O–H groups in total. The molecule has 0 saturated heterocycles. The Balaban J connectivity index is 0.00000144. The highest BCUT2D eigenvalue weighted by Gasteiger charge is 2.21. The SMILES string of the molecule is CN=C(NCc1ccc(Cl)cc1)NC1CC1.I. The lowest BCUT2D eigenvalue weighted by Crippen LogP contribution is -2.37. The van der Waals surface area contributed by atoms with Crippen molar-refractivity contribution in [3.05, 3.63) is 34.9 Å². The Morgan fingerprint density at radius 3 is 2.53 bits per heavy atom. The van der Waals surface area contributed by atoms with E-state index >= 15 is 0 Å². The van der Waals surface area contributed by atoms with Gasteiger partial charge in [0.25, 0.3) is 0 Å². The number of benzene rings is 1. The van der Waals surface area contributed by atoms with Gasteiger partial charge < -0.3 is 10.6 Å². The zero-order chi connectivity index (χ0) is 11.4. The van der Waals surface area contributed by atoms with Crippen molar-refractivity contribution < 1.29 is 0 Å². The highest BCUT2D eigenvalue weighted by Crippen LogP contribution is 2.18. The fourth-order valence-corrected chi connectivity index (χ4v) is 1.53. The van der Waals surface area contributed by atoms with E-state index < -0.39 is 0 Å². The predicted molar refractivity (Wildman–Crippen MR) is 83.2 cm³/mol. The third kappa shape index (κ3) is 5.12. The molecule has 0 bridgehead atoms. The maximum atomic E-state index is 5.82. The maximum Gasteiger partial charge on any atom is 0.191 e. The van der Waals surface area contributed by atoms with Crippen LogP contribution in [0.15, 0.2) is 29.3 Å². The molecule has 17 heavy (non-hydrogen) atoms. The zero-order valence-electron chi connectivity index (χ0n) is 9.74. The lowest BCUT2D eigenvalue weighted by molar-refractivity contribution is 0.805. The summed E-state index contributed by atoms with van der Waals surface area (Å²) in [6, 6.07) is 8.45. The van der Waals surface area contributed by atoms with Crippen molar-refractivity contribution in [2.45, 2.75) is 25.4 Å². The van der Waals surface area contributed by atoms with Gasteiger partial charge >= 0.3 is 0 Å². The Morgan fingerprint density at radius 1 is 1.35 bits per heavy atom. The van der Waals surface area contributed by atoms with Gasteiger partial charge in [-0.25, -0.2) is 0 Å². The van der Waals surface area contributed by atoms with Gasteiger partial charge in [-0.1, -0.05) is 23.7 Å². The Hall–Kier alpha value is -0.490. The van der Waals surface area contributed by atoms with Crippen LogP contribution in [0.3, 0.4) is 0 Å². The first-order chi connectivity index (χ1) is 7.78. The molecular formula is C12H17ClIN3. The summed E-state index contributed by atoms with van der Waals surface area (Å²) in [4.78, 5) is 4.17. The van der Waals surface area contributed by atoms with Crippen molar-refractivity contribution in [3.8, 4) is 0 Å². The maximum absolute atomic E-state index is 5.82. The number of aliphatic imine (C=N–C) groups is 1. The molecule has 1 saturated carbocycles. The predicted octanol–water partition coefficient (Wildman–Crippen LogP) is 2.79. The lowest BCUT2D eigenvalue weighted by atomic mass is 10.2. The number of nitrogens with zero attached hydrogens (tertiary/aromatic N) is 1. The third-order valence-corrected chi connectivity index (χ3v) is 2.77. The summed E-state index contributed by atoms with van der Waals surface area (Å²) in [6.07, 6.45) is 2.50. The molecule has 0 aliphatic heterocycles. The number of halogens is 2. The Morgan fingerprint density at radius 2 is 2.00 bits per heavy atom. The second-order valence-electron chi connectivity index (χ2n) is 3.97. The van der Waals surface area contributed by atoms with Gasteiger partial charge in [-0.15, -0.1) is 24.0 Å². The molecule has 0 amide bonds. The van der Waals surface area contributed by atoms with Crippen LogP contribution in [0, 0.1) is 0 Å². The molecule has 0 radical (unpaired) electrons. The molecule has 1 fully saturated rings. The molecule has 3 nitrogen and oxygen atoms in total. The third-order valence-electron chi connectivity index (χ3n) is 2.52. The smallest absolute Gasteiger partial charge is 0.191 e. The first kappa shape index (κ1) is 14.6. The van der Waals surface area contributed by atoms with E-state index in [0.717, 1.165) is 17.5 Å². The monoisotopic (exact) mass is 365 g/mol. The van der Waals surface area contributed by atoms with Crippen LogP contribution in [0.1, 0.15) is 18.4 Å². The number of nitrogens with one attached hydrogen (secondary N) is 2. The summed E-state index contributed by atoms with van der Waals surface area (Å²) in [7, 11) is 1.79. The van der Waals surface area contributed by atoms with Crippen molar-refractivity contribution in [2.24, 2.45) is 4.99 Å². The van der Waals surface area contributed by atoms with Gasteiger partial charge in [-0.3, -0.25) is 4.99 Å². The standard InChI is InChI=1S/C12H16ClN3.HI/c1-14-12(16-11-6-7-11)15-8-9-2-4-10(13)5-3-9;/h2-5,11H,6-8H2,1H3,(H2,14,15,16);1H. The minimum Gasteiger partial charge on any atom is -0.354 e. The summed E-state index contributed by atoms with van der Waals surface area (Å²) in [5, 5.41) is 7.38. The van der Waals surface area contributed by atoms with Crippen LogP contribution in [0.5, 0.6) is 0 Å². The summed E-state index contributed by atoms with van der Waals surface area (Å²) in [6.45, 7) is 0.767. The normalized spacial score (nSPS) is 15.1. The highest BCUT2D eigenvalue weighted by atomic mass is 127. The molecule has 94 valence electrons. The van der Waals surface area contributed by atoms with E-state index in [0.29, 0.717) is 6.04 Å². The van der Waals surface area contributed by atoms with Crippen molar-refractivity contribution in [1.29, 1.82) is 0 Å². The summed E-state index contributed by atoms with van der Waals surface area (Å²) < 4.78 is 0. The molecular weight excluding hydrogens is 349 g/mol. The second kappa shape index (κ2) is 7.06. The average Bonchev–Trinajstić information content (AvgIpc) is 3.10. The van der Waals surface area contributed by atoms with Crippen LogP contribution in [-0.4, -0.2) is 19.0 Å². The highest BCUT2D eigenvalue weighted by molar-refractivity contribution is 14.0. The summed E-state index contributed by atoms with van der Waals surface area (Å²) in [5.74, 6) is 0.873. The van der Waals surface area contributed by atoms with E-state index in [4.69, 9.17) is 11.6 Å². The zero-order valence-corrected chi connectivity index (χ0v) is 12.8. The van der Waals surface area contributed by atoms with Gasteiger partial charge in [0, 0.05) is 24.7 Å². The number of rotatable bonds is 3. The van der Waals surface area contributed by atoms with Gasteiger partial charge in [0.05, 0.1) is 0 Å². The van der Waals surface area contributed by atoms with Crippen molar-refractivity contribution >= 4 is 41.5 Å². The molecule has 0 atom stereocenters. The molecule has 1 aliphatic carbocycles. The Kier molecular flexibility index (Phi) is 6.05. The number of guanidine groups is 1. The minimum atomic E-state index is 0. The van der Waals surface area contributed by atoms with Crippen molar-refractivity contribution in [3.63, 3.8) is 0 Å². The molecule has 0 spiro atoms. The van der Waals surface area contributed by atoms with Gasteiger partial charge in [0.15, 0.2) is 5.96 Å². The van der Waals surface area contributed by atoms with Crippen LogP contribution in [0.2, 0.25) is 5.02 Å². The molecule has 2 rings (SSSR count). The van der Waals surface area contributed by atoms with E-state index in [1.165, 1.54) is 18.4 Å². The largest absolute Gasteiger partial charge is 0.354 e. The van der Waals surface area contributed by atoms with Gasteiger partial charge in [-0.2, -0.15) is 0 Å². The van der Waals surface area contributed by atoms with E-state index in [-0.39, 0.29) is 24.0 Å². The molecule has 5 heteroatoms. The quantitative estimate of drug-likeness (QED) is 0.491. The first-order valence-corrected chi connectivity index (χ1v) is 5.87. The van der Waals surface area contributed by atoms with Crippen molar-refractivity contribution in [2.75, 3.05) is 7.05 Å². The van der Waals surface area contributed by atoms with Crippen LogP contribution < -0.4 is 10.6 Å². The van der Waals surface area contributed by atoms with E-state index in [2.05, 4.69) is 15.6 Å². The summed E-state index contributed by atoms with van der Waals surface area (Å²) in [5.41, 5.74) is 1.20. The molecule has 0 unspecified atom stereocenters. The fraction of sp³-hybridized carbons (Fsp3) is 0.417. The van der Waals surface area contributed by atoms with E-state index in [9.17, 15) is 0 Å². The molecule has 1 aromatic rings. The lowest BCUT2D eigenvalue weighted by Gasteiger charge is -2.10. The molecule has 1 aromatic carbocycles. The van der Waals surface area contributed by atoms with Crippen LogP contribution in [0.25, 0.3) is 0 Å². The first-order valence-electron chi connectivity index (χ1n) is 5.49. The topological polar surface area (TPSA) is 36.4 Å². The van der Waals surface area contributed by atoms with Crippen LogP contribution in [-0.2, 0) is 6.54 Å².